The lowest BCUT2D eigenvalue weighted by atomic mass is 9.70. The third kappa shape index (κ3) is 5.08. The Balaban J connectivity index is 2.29. The molecule has 1 unspecified atom stereocenters. The SMILES string of the molecule is CCN(C)C(=O)C(C)NCC1CCC(C(C)(C)C)CC1. The molecule has 0 heterocycles. The fraction of sp³-hybridized carbons (Fsp3) is 0.941. The van der Waals surface area contributed by atoms with Crippen LogP contribution in [0.25, 0.3) is 0 Å². The molecule has 0 aliphatic heterocycles. The molecule has 1 N–H and O–H groups in total. The first kappa shape index (κ1) is 17.5. The highest BCUT2D eigenvalue weighted by Crippen LogP contribution is 2.39. The second-order valence-electron chi connectivity index (χ2n) is 7.57. The van der Waals surface area contributed by atoms with Crippen LogP contribution in [0.2, 0.25) is 0 Å². The fourth-order valence-electron chi connectivity index (χ4n) is 3.15. The molecule has 3 nitrogen and oxygen atoms in total. The maximum atomic E-state index is 12.0. The van der Waals surface area contributed by atoms with Gasteiger partial charge in [-0.05, 0) is 63.3 Å². The molecule has 1 fully saturated rings. The van der Waals surface area contributed by atoms with E-state index in [0.717, 1.165) is 24.9 Å². The Morgan fingerprint density at radius 1 is 1.25 bits per heavy atom. The maximum absolute atomic E-state index is 12.0. The zero-order valence-electron chi connectivity index (χ0n) is 14.3. The summed E-state index contributed by atoms with van der Waals surface area (Å²) in [5, 5.41) is 3.43. The van der Waals surface area contributed by atoms with Gasteiger partial charge in [-0.25, -0.2) is 0 Å². The van der Waals surface area contributed by atoms with E-state index in [-0.39, 0.29) is 11.9 Å². The first-order valence-corrected chi connectivity index (χ1v) is 8.24. The number of nitrogens with one attached hydrogen (secondary N) is 1. The van der Waals surface area contributed by atoms with Gasteiger partial charge in [0.15, 0.2) is 0 Å². The Morgan fingerprint density at radius 3 is 2.25 bits per heavy atom. The van der Waals surface area contributed by atoms with Gasteiger partial charge in [0.2, 0.25) is 5.91 Å². The molecule has 1 saturated carbocycles. The smallest absolute Gasteiger partial charge is 0.239 e. The summed E-state index contributed by atoms with van der Waals surface area (Å²) >= 11 is 0. The summed E-state index contributed by atoms with van der Waals surface area (Å²) in [6, 6.07) is -0.0553. The van der Waals surface area contributed by atoms with Crippen molar-refractivity contribution in [3.05, 3.63) is 0 Å². The van der Waals surface area contributed by atoms with Gasteiger partial charge in [0.05, 0.1) is 6.04 Å². The van der Waals surface area contributed by atoms with Gasteiger partial charge in [-0.15, -0.1) is 0 Å². The van der Waals surface area contributed by atoms with Gasteiger partial charge in [-0.2, -0.15) is 0 Å². The van der Waals surface area contributed by atoms with Crippen molar-refractivity contribution in [3.63, 3.8) is 0 Å². The summed E-state index contributed by atoms with van der Waals surface area (Å²) in [6.07, 6.45) is 5.29. The molecular formula is C17H34N2O. The van der Waals surface area contributed by atoms with E-state index in [4.69, 9.17) is 0 Å². The van der Waals surface area contributed by atoms with Crippen LogP contribution in [0.15, 0.2) is 0 Å². The summed E-state index contributed by atoms with van der Waals surface area (Å²) in [5.74, 6) is 1.82. The molecule has 0 saturated heterocycles. The predicted molar refractivity (Wildman–Crippen MR) is 85.7 cm³/mol. The van der Waals surface area contributed by atoms with Crippen LogP contribution < -0.4 is 5.32 Å². The quantitative estimate of drug-likeness (QED) is 0.839. The van der Waals surface area contributed by atoms with Crippen molar-refractivity contribution in [2.24, 2.45) is 17.3 Å². The van der Waals surface area contributed by atoms with Crippen LogP contribution >= 0.6 is 0 Å². The highest BCUT2D eigenvalue weighted by Gasteiger charge is 2.29. The van der Waals surface area contributed by atoms with Gasteiger partial charge >= 0.3 is 0 Å². The molecule has 1 atom stereocenters. The highest BCUT2D eigenvalue weighted by atomic mass is 16.2. The zero-order chi connectivity index (χ0) is 15.3. The number of hydrogen-bond donors (Lipinski definition) is 1. The first-order chi connectivity index (χ1) is 9.25. The number of nitrogens with zero attached hydrogens (tertiary/aromatic N) is 1. The van der Waals surface area contributed by atoms with Crippen LogP contribution in [0.4, 0.5) is 0 Å². The number of carbonyl (C=O) groups is 1. The van der Waals surface area contributed by atoms with Crippen LogP contribution in [0.1, 0.15) is 60.3 Å². The molecule has 1 amide bonds. The minimum Gasteiger partial charge on any atom is -0.345 e. The summed E-state index contributed by atoms with van der Waals surface area (Å²) in [4.78, 5) is 13.8. The van der Waals surface area contributed by atoms with Crippen LogP contribution in [-0.4, -0.2) is 37.0 Å². The van der Waals surface area contributed by atoms with Crippen molar-refractivity contribution in [1.82, 2.24) is 10.2 Å². The van der Waals surface area contributed by atoms with Crippen LogP contribution in [-0.2, 0) is 4.79 Å². The maximum Gasteiger partial charge on any atom is 0.239 e. The van der Waals surface area contributed by atoms with Crippen molar-refractivity contribution in [2.45, 2.75) is 66.3 Å². The van der Waals surface area contributed by atoms with Crippen LogP contribution in [0.3, 0.4) is 0 Å². The largest absolute Gasteiger partial charge is 0.345 e. The lowest BCUT2D eigenvalue weighted by Gasteiger charge is -2.37. The van der Waals surface area contributed by atoms with E-state index in [0.29, 0.717) is 5.41 Å². The Labute approximate surface area is 125 Å². The summed E-state index contributed by atoms with van der Waals surface area (Å²) in [7, 11) is 1.87. The first-order valence-electron chi connectivity index (χ1n) is 8.24. The molecule has 0 aromatic rings. The number of rotatable bonds is 5. The third-order valence-electron chi connectivity index (χ3n) is 5.01. The second kappa shape index (κ2) is 7.44. The van der Waals surface area contributed by atoms with Crippen molar-refractivity contribution < 1.29 is 4.79 Å². The monoisotopic (exact) mass is 282 g/mol. The van der Waals surface area contributed by atoms with Gasteiger partial charge in [-0.1, -0.05) is 20.8 Å². The van der Waals surface area contributed by atoms with Crippen LogP contribution in [0, 0.1) is 17.3 Å². The van der Waals surface area contributed by atoms with Crippen molar-refractivity contribution in [3.8, 4) is 0 Å². The molecule has 1 aliphatic rings. The molecule has 0 bridgehead atoms. The Morgan fingerprint density at radius 2 is 1.80 bits per heavy atom. The van der Waals surface area contributed by atoms with E-state index in [9.17, 15) is 4.79 Å². The van der Waals surface area contributed by atoms with E-state index in [1.54, 1.807) is 4.90 Å². The molecule has 0 radical (unpaired) electrons. The van der Waals surface area contributed by atoms with Gasteiger partial charge in [0, 0.05) is 13.6 Å². The highest BCUT2D eigenvalue weighted by molar-refractivity contribution is 5.81. The van der Waals surface area contributed by atoms with Gasteiger partial charge in [-0.3, -0.25) is 4.79 Å². The van der Waals surface area contributed by atoms with Gasteiger partial charge in [0.1, 0.15) is 0 Å². The van der Waals surface area contributed by atoms with Gasteiger partial charge < -0.3 is 10.2 Å². The number of likely N-dealkylation sites (N-methyl/N-ethyl adjacent to an activating group) is 1. The van der Waals surface area contributed by atoms with Crippen molar-refractivity contribution in [2.75, 3.05) is 20.1 Å². The van der Waals surface area contributed by atoms with E-state index in [1.807, 2.05) is 20.9 Å². The molecule has 1 rings (SSSR count). The fourth-order valence-corrected chi connectivity index (χ4v) is 3.15. The lowest BCUT2D eigenvalue weighted by molar-refractivity contribution is -0.131. The Bertz CT molecular complexity index is 301. The van der Waals surface area contributed by atoms with E-state index < -0.39 is 0 Å². The third-order valence-corrected chi connectivity index (χ3v) is 5.01. The molecular weight excluding hydrogens is 248 g/mol. The number of hydrogen-bond acceptors (Lipinski definition) is 2. The van der Waals surface area contributed by atoms with Crippen molar-refractivity contribution >= 4 is 5.91 Å². The molecule has 20 heavy (non-hydrogen) atoms. The molecule has 1 aliphatic carbocycles. The molecule has 0 aromatic heterocycles. The Hall–Kier alpha value is -0.570. The summed E-state index contributed by atoms with van der Waals surface area (Å²) in [6.45, 7) is 12.8. The minimum absolute atomic E-state index is 0.0553. The van der Waals surface area contributed by atoms with Crippen LogP contribution in [0.5, 0.6) is 0 Å². The second-order valence-corrected chi connectivity index (χ2v) is 7.57. The predicted octanol–water partition coefficient (Wildman–Crippen LogP) is 3.30. The molecule has 0 spiro atoms. The summed E-state index contributed by atoms with van der Waals surface area (Å²) < 4.78 is 0. The molecule has 118 valence electrons. The topological polar surface area (TPSA) is 32.3 Å². The van der Waals surface area contributed by atoms with E-state index >= 15 is 0 Å². The average molecular weight is 282 g/mol. The Kier molecular flexibility index (Phi) is 6.50. The normalized spacial score (nSPS) is 25.3. The standard InChI is InChI=1S/C17H34N2O/c1-7-19(6)16(20)13(2)18-12-14-8-10-15(11-9-14)17(3,4)5/h13-15,18H,7-12H2,1-6H3. The number of amides is 1. The van der Waals surface area contributed by atoms with E-state index in [1.165, 1.54) is 25.7 Å². The molecule has 3 heteroatoms. The number of carbonyl (C=O) groups excluding carboxylic acids is 1. The average Bonchev–Trinajstić information content (AvgIpc) is 2.42. The summed E-state index contributed by atoms with van der Waals surface area (Å²) in [5.41, 5.74) is 0.450. The zero-order valence-corrected chi connectivity index (χ0v) is 14.3. The lowest BCUT2D eigenvalue weighted by Crippen LogP contribution is -2.45. The van der Waals surface area contributed by atoms with Gasteiger partial charge in [0.25, 0.3) is 0 Å². The molecule has 0 aromatic carbocycles. The van der Waals surface area contributed by atoms with Crippen molar-refractivity contribution in [1.29, 1.82) is 0 Å². The minimum atomic E-state index is -0.0553. The van der Waals surface area contributed by atoms with E-state index in [2.05, 4.69) is 26.1 Å².